The van der Waals surface area contributed by atoms with Crippen molar-refractivity contribution in [1.29, 1.82) is 0 Å². The van der Waals surface area contributed by atoms with E-state index in [0.29, 0.717) is 23.8 Å². The molecule has 0 amide bonds. The first-order chi connectivity index (χ1) is 14.3. The Labute approximate surface area is 179 Å². The Kier molecular flexibility index (Phi) is 5.75. The quantitative estimate of drug-likeness (QED) is 0.552. The fraction of sp³-hybridized carbons (Fsp3) is 0.409. The summed E-state index contributed by atoms with van der Waals surface area (Å²) in [5, 5.41) is 3.94. The van der Waals surface area contributed by atoms with E-state index >= 15 is 0 Å². The van der Waals surface area contributed by atoms with Crippen LogP contribution >= 0.6 is 11.6 Å². The van der Waals surface area contributed by atoms with Crippen molar-refractivity contribution in [3.8, 4) is 5.69 Å². The van der Waals surface area contributed by atoms with Crippen LogP contribution in [0.4, 0.5) is 4.39 Å². The summed E-state index contributed by atoms with van der Waals surface area (Å²) < 4.78 is 20.8. The van der Waals surface area contributed by atoms with E-state index in [-0.39, 0.29) is 16.7 Å². The van der Waals surface area contributed by atoms with E-state index in [2.05, 4.69) is 15.0 Å². The summed E-state index contributed by atoms with van der Waals surface area (Å²) in [5.41, 5.74) is 3.13. The summed E-state index contributed by atoms with van der Waals surface area (Å²) >= 11 is 5.95. The number of benzene rings is 1. The molecule has 1 aliphatic rings. The van der Waals surface area contributed by atoms with Crippen LogP contribution in [-0.4, -0.2) is 45.0 Å². The summed E-state index contributed by atoms with van der Waals surface area (Å²) in [6.45, 7) is 7.55. The van der Waals surface area contributed by atoms with Gasteiger partial charge in [-0.25, -0.2) is 4.39 Å². The molecule has 0 radical (unpaired) electrons. The summed E-state index contributed by atoms with van der Waals surface area (Å²) in [6, 6.07) is 6.47. The van der Waals surface area contributed by atoms with Gasteiger partial charge in [-0.05, 0) is 64.4 Å². The number of rotatable bonds is 5. The first-order valence-corrected chi connectivity index (χ1v) is 10.4. The van der Waals surface area contributed by atoms with E-state index in [0.717, 1.165) is 43.0 Å². The molecule has 1 atom stereocenters. The predicted molar refractivity (Wildman–Crippen MR) is 112 cm³/mol. The van der Waals surface area contributed by atoms with Crippen LogP contribution in [-0.2, 0) is 0 Å². The Morgan fingerprint density at radius 3 is 2.80 bits per heavy atom. The molecule has 8 heteroatoms. The minimum absolute atomic E-state index is 0.0588. The Morgan fingerprint density at radius 1 is 1.30 bits per heavy atom. The minimum Gasteiger partial charge on any atom is -0.339 e. The highest BCUT2D eigenvalue weighted by atomic mass is 35.5. The molecular weight excluding hydrogens is 407 g/mol. The van der Waals surface area contributed by atoms with Crippen LogP contribution in [0.3, 0.4) is 0 Å². The standard InChI is InChI=1S/C22H24ClFN4O2/c1-13-9-18(14(2)28(13)17-6-7-20(24)19(23)10-17)21(29)12-27-8-4-5-16(11-27)22-25-15(3)26-30-22/h6-7,9-10,16H,4-5,8,11-12H2,1-3H3. The molecule has 0 bridgehead atoms. The molecule has 4 rings (SSSR count). The third-order valence-corrected chi connectivity index (χ3v) is 5.95. The number of ketones is 1. The molecule has 1 aliphatic heterocycles. The first kappa shape index (κ1) is 20.8. The van der Waals surface area contributed by atoms with Crippen LogP contribution in [0.2, 0.25) is 5.02 Å². The number of hydrogen-bond donors (Lipinski definition) is 0. The molecule has 1 aromatic carbocycles. The van der Waals surface area contributed by atoms with Crippen LogP contribution in [0.5, 0.6) is 0 Å². The molecule has 2 aromatic heterocycles. The Morgan fingerprint density at radius 2 is 2.10 bits per heavy atom. The Hall–Kier alpha value is -2.51. The number of likely N-dealkylation sites (tertiary alicyclic amines) is 1. The maximum atomic E-state index is 13.5. The van der Waals surface area contributed by atoms with Crippen LogP contribution in [0.25, 0.3) is 5.69 Å². The summed E-state index contributed by atoms with van der Waals surface area (Å²) in [7, 11) is 0. The van der Waals surface area contributed by atoms with Gasteiger partial charge >= 0.3 is 0 Å². The molecule has 0 aliphatic carbocycles. The number of aromatic nitrogens is 3. The Balaban J connectivity index is 1.52. The fourth-order valence-electron chi connectivity index (χ4n) is 4.23. The van der Waals surface area contributed by atoms with Gasteiger partial charge in [0.1, 0.15) is 5.82 Å². The lowest BCUT2D eigenvalue weighted by Gasteiger charge is -2.30. The van der Waals surface area contributed by atoms with Crippen molar-refractivity contribution >= 4 is 17.4 Å². The second-order valence-electron chi connectivity index (χ2n) is 7.90. The van der Waals surface area contributed by atoms with E-state index in [1.807, 2.05) is 24.5 Å². The molecule has 0 saturated carbocycles. The number of nitrogens with zero attached hydrogens (tertiary/aromatic N) is 4. The molecule has 158 valence electrons. The van der Waals surface area contributed by atoms with Crippen molar-refractivity contribution in [3.05, 3.63) is 63.8 Å². The zero-order chi connectivity index (χ0) is 21.4. The van der Waals surface area contributed by atoms with E-state index in [1.165, 1.54) is 6.07 Å². The fourth-order valence-corrected chi connectivity index (χ4v) is 4.41. The third-order valence-electron chi connectivity index (χ3n) is 5.66. The van der Waals surface area contributed by atoms with Gasteiger partial charge in [-0.1, -0.05) is 16.8 Å². The first-order valence-electron chi connectivity index (χ1n) is 10.0. The maximum absolute atomic E-state index is 13.5. The number of carbonyl (C=O) groups excluding carboxylic acids is 1. The van der Waals surface area contributed by atoms with Crippen LogP contribution < -0.4 is 0 Å². The number of hydrogen-bond acceptors (Lipinski definition) is 5. The van der Waals surface area contributed by atoms with Gasteiger partial charge in [0.05, 0.1) is 17.5 Å². The molecule has 0 spiro atoms. The normalized spacial score (nSPS) is 17.4. The highest BCUT2D eigenvalue weighted by Gasteiger charge is 2.28. The average Bonchev–Trinajstić information content (AvgIpc) is 3.27. The van der Waals surface area contributed by atoms with Crippen molar-refractivity contribution in [1.82, 2.24) is 19.6 Å². The Bertz CT molecular complexity index is 1090. The highest BCUT2D eigenvalue weighted by molar-refractivity contribution is 6.30. The summed E-state index contributed by atoms with van der Waals surface area (Å²) in [4.78, 5) is 19.6. The minimum atomic E-state index is -0.463. The second-order valence-corrected chi connectivity index (χ2v) is 8.30. The molecule has 1 saturated heterocycles. The molecule has 30 heavy (non-hydrogen) atoms. The predicted octanol–water partition coefficient (Wildman–Crippen LogP) is 4.64. The van der Waals surface area contributed by atoms with Crippen LogP contribution in [0.15, 0.2) is 28.8 Å². The summed E-state index contributed by atoms with van der Waals surface area (Å²) in [5.74, 6) is 1.03. The van der Waals surface area contributed by atoms with Crippen molar-refractivity contribution in [2.24, 2.45) is 0 Å². The van der Waals surface area contributed by atoms with Crippen molar-refractivity contribution in [2.45, 2.75) is 39.5 Å². The lowest BCUT2D eigenvalue weighted by atomic mass is 9.97. The van der Waals surface area contributed by atoms with Crippen molar-refractivity contribution in [2.75, 3.05) is 19.6 Å². The van der Waals surface area contributed by atoms with Gasteiger partial charge in [0.25, 0.3) is 0 Å². The zero-order valence-corrected chi connectivity index (χ0v) is 18.0. The number of piperidine rings is 1. The van der Waals surface area contributed by atoms with Crippen LogP contribution in [0.1, 0.15) is 52.2 Å². The lowest BCUT2D eigenvalue weighted by molar-refractivity contribution is 0.0898. The average molecular weight is 431 g/mol. The largest absolute Gasteiger partial charge is 0.339 e. The number of halogens is 2. The van der Waals surface area contributed by atoms with Gasteiger partial charge in [-0.15, -0.1) is 0 Å². The van der Waals surface area contributed by atoms with E-state index in [1.54, 1.807) is 19.1 Å². The topological polar surface area (TPSA) is 64.2 Å². The number of aryl methyl sites for hydroxylation is 2. The molecule has 6 nitrogen and oxygen atoms in total. The second kappa shape index (κ2) is 8.32. The van der Waals surface area contributed by atoms with Gasteiger partial charge in [-0.3, -0.25) is 9.69 Å². The lowest BCUT2D eigenvalue weighted by Crippen LogP contribution is -2.38. The SMILES string of the molecule is Cc1noc(C2CCCN(CC(=O)c3cc(C)n(-c4ccc(F)c(Cl)c4)c3C)C2)n1. The zero-order valence-electron chi connectivity index (χ0n) is 17.3. The van der Waals surface area contributed by atoms with Gasteiger partial charge < -0.3 is 9.09 Å². The van der Waals surface area contributed by atoms with Gasteiger partial charge in [0.15, 0.2) is 11.6 Å². The maximum Gasteiger partial charge on any atom is 0.231 e. The van der Waals surface area contributed by atoms with E-state index in [4.69, 9.17) is 16.1 Å². The molecule has 0 N–H and O–H groups in total. The smallest absolute Gasteiger partial charge is 0.231 e. The molecule has 3 aromatic rings. The highest BCUT2D eigenvalue weighted by Crippen LogP contribution is 2.27. The molecule has 1 fully saturated rings. The van der Waals surface area contributed by atoms with Crippen LogP contribution in [0, 0.1) is 26.6 Å². The monoisotopic (exact) mass is 430 g/mol. The van der Waals surface area contributed by atoms with E-state index in [9.17, 15) is 9.18 Å². The number of Topliss-reactive ketones (excluding diaryl/α,β-unsaturated/α-hetero) is 1. The van der Waals surface area contributed by atoms with Gasteiger partial charge in [-0.2, -0.15) is 4.98 Å². The molecular formula is C22H24ClFN4O2. The van der Waals surface area contributed by atoms with Crippen molar-refractivity contribution < 1.29 is 13.7 Å². The van der Waals surface area contributed by atoms with Crippen molar-refractivity contribution in [3.63, 3.8) is 0 Å². The molecule has 3 heterocycles. The summed E-state index contributed by atoms with van der Waals surface area (Å²) in [6.07, 6.45) is 1.96. The third kappa shape index (κ3) is 4.04. The molecule has 1 unspecified atom stereocenters. The number of carbonyl (C=O) groups is 1. The van der Waals surface area contributed by atoms with Gasteiger partial charge in [0.2, 0.25) is 5.89 Å². The van der Waals surface area contributed by atoms with E-state index < -0.39 is 5.82 Å². The van der Waals surface area contributed by atoms with Gasteiger partial charge in [0, 0.05) is 29.2 Å².